The van der Waals surface area contributed by atoms with Gasteiger partial charge in [-0.2, -0.15) is 54.0 Å². The zero-order valence-corrected chi connectivity index (χ0v) is 47.0. The Morgan fingerprint density at radius 1 is 0.753 bits per heavy atom. The van der Waals surface area contributed by atoms with Crippen LogP contribution in [-0.2, 0) is 25.5 Å². The van der Waals surface area contributed by atoms with Crippen LogP contribution >= 0.6 is 65.3 Å². The number of fused-ring (bicyclic) bond motifs is 5. The van der Waals surface area contributed by atoms with Crippen LogP contribution in [0.4, 0.5) is 14.0 Å². The second kappa shape index (κ2) is 24.4. The van der Waals surface area contributed by atoms with Gasteiger partial charge in [-0.05, 0) is 92.3 Å². The van der Waals surface area contributed by atoms with Gasteiger partial charge in [0.05, 0.1) is 71.7 Å². The van der Waals surface area contributed by atoms with Crippen LogP contribution in [0.3, 0.4) is 0 Å². The molecule has 396 valence electrons. The summed E-state index contributed by atoms with van der Waals surface area (Å²) in [6.45, 7) is 13.0. The van der Waals surface area contributed by atoms with Gasteiger partial charge in [-0.3, -0.25) is 14.2 Å². The number of carbonyl (C=O) groups is 4. The maximum Gasteiger partial charge on any atom is 0.407 e. The molecule has 0 aliphatic carbocycles. The number of benzene rings is 2. The number of nitrogens with one attached hydrogen (secondary N) is 4. The molecule has 2 fully saturated rings. The van der Waals surface area contributed by atoms with Crippen LogP contribution in [0.15, 0.2) is 60.9 Å². The molecule has 73 heavy (non-hydrogen) atoms. The zero-order chi connectivity index (χ0) is 48.8. The fourth-order valence-electron chi connectivity index (χ4n) is 10.0. The van der Waals surface area contributed by atoms with Crippen molar-refractivity contribution >= 4 is 100 Å². The van der Waals surface area contributed by atoms with Crippen LogP contribution in [0.1, 0.15) is 107 Å². The number of carbonyl (C=O) groups excluding carboxylic acids is 4. The Balaban J connectivity index is 0.00000247. The van der Waals surface area contributed by atoms with E-state index < -0.39 is 36.3 Å². The van der Waals surface area contributed by atoms with Crippen molar-refractivity contribution in [3.05, 3.63) is 88.1 Å². The van der Waals surface area contributed by atoms with E-state index in [9.17, 15) is 19.2 Å². The first-order chi connectivity index (χ1) is 33.1. The molecule has 0 saturated carbocycles. The number of halogens is 1. The van der Waals surface area contributed by atoms with E-state index in [0.717, 1.165) is 52.7 Å². The van der Waals surface area contributed by atoms with Crippen molar-refractivity contribution in [3.8, 4) is 39.5 Å². The van der Waals surface area contributed by atoms with Crippen LogP contribution in [0.25, 0.3) is 44.7 Å². The van der Waals surface area contributed by atoms with Crippen LogP contribution in [-0.4, -0.2) is 97.7 Å². The molecule has 2 aromatic carbocycles. The summed E-state index contributed by atoms with van der Waals surface area (Å²) in [5.41, 5.74) is 4.64. The fourth-order valence-corrected chi connectivity index (χ4v) is 11.3. The number of hydrogen-bond acceptors (Lipinski definition) is 10. The highest BCUT2D eigenvalue weighted by molar-refractivity contribution is 7.59. The third kappa shape index (κ3) is 11.7. The third-order valence-corrected chi connectivity index (χ3v) is 14.6. The molecule has 1 unspecified atom stereocenters. The van der Waals surface area contributed by atoms with Gasteiger partial charge in [0.15, 0.2) is 0 Å². The van der Waals surface area contributed by atoms with Crippen molar-refractivity contribution in [1.29, 1.82) is 0 Å². The lowest BCUT2D eigenvalue weighted by Crippen LogP contribution is -2.51. The maximum atomic E-state index is 16.9. The highest BCUT2D eigenvalue weighted by Crippen LogP contribution is 2.48. The van der Waals surface area contributed by atoms with E-state index in [-0.39, 0.29) is 89.7 Å². The SMILES string of the molecule is COC(=O)N[C@H](C(=O)N1CCC[C@H]1c1ncc(-c2cc(F)c3c(c2)OC(c2ccc(CC(C)C)s2)n2c-3cc3cc(-c4cnc([C@@H]5CCCN5C(=O)[C@@H](NC(=O)OC)C(C)C)[nH]4)ccc32)[nH]1)C(C)C.S.S.S.S. The first kappa shape index (κ1) is 58.6. The molecule has 16 nitrogen and oxygen atoms in total. The Morgan fingerprint density at radius 2 is 1.30 bits per heavy atom. The third-order valence-electron chi connectivity index (χ3n) is 13.5. The molecular formula is C51H68FN9O7S5. The van der Waals surface area contributed by atoms with Gasteiger partial charge in [0.2, 0.25) is 18.0 Å². The Hall–Kier alpha value is -5.29. The quantitative estimate of drug-likeness (QED) is 0.0873. The molecule has 7 heterocycles. The summed E-state index contributed by atoms with van der Waals surface area (Å²) in [6.07, 6.45) is 5.40. The van der Waals surface area contributed by atoms with Gasteiger partial charge in [-0.25, -0.2) is 23.9 Å². The van der Waals surface area contributed by atoms with Gasteiger partial charge < -0.3 is 44.6 Å². The van der Waals surface area contributed by atoms with E-state index in [4.69, 9.17) is 24.2 Å². The van der Waals surface area contributed by atoms with Gasteiger partial charge in [0, 0.05) is 34.5 Å². The molecule has 0 spiro atoms. The molecule has 4 aromatic heterocycles. The average molecular weight is 1100 g/mol. The molecule has 0 bridgehead atoms. The molecule has 4 amide bonds. The smallest absolute Gasteiger partial charge is 0.407 e. The summed E-state index contributed by atoms with van der Waals surface area (Å²) in [5.74, 6) is 0.905. The van der Waals surface area contributed by atoms with E-state index in [1.165, 1.54) is 25.2 Å². The Labute approximate surface area is 457 Å². The summed E-state index contributed by atoms with van der Waals surface area (Å²) < 4.78 is 35.5. The molecule has 0 radical (unpaired) electrons. The largest absolute Gasteiger partial charge is 0.464 e. The molecule has 6 aromatic rings. The number of aromatic amines is 2. The van der Waals surface area contributed by atoms with Gasteiger partial charge in [0.25, 0.3) is 0 Å². The number of likely N-dealkylation sites (tertiary alicyclic amines) is 2. The Kier molecular flexibility index (Phi) is 19.6. The van der Waals surface area contributed by atoms with Crippen LogP contribution in [0.2, 0.25) is 0 Å². The first-order valence-electron chi connectivity index (χ1n) is 23.8. The number of aromatic nitrogens is 5. The van der Waals surface area contributed by atoms with E-state index in [2.05, 4.69) is 57.2 Å². The van der Waals surface area contributed by atoms with E-state index >= 15 is 4.39 Å². The molecular weight excluding hydrogens is 1030 g/mol. The summed E-state index contributed by atoms with van der Waals surface area (Å²) in [7, 11) is 2.55. The zero-order valence-electron chi connectivity index (χ0n) is 42.2. The molecule has 3 aliphatic heterocycles. The molecule has 2 saturated heterocycles. The number of rotatable bonds is 13. The van der Waals surface area contributed by atoms with E-state index in [1.807, 2.05) is 52.0 Å². The first-order valence-corrected chi connectivity index (χ1v) is 24.6. The van der Waals surface area contributed by atoms with Crippen molar-refractivity contribution in [3.63, 3.8) is 0 Å². The Morgan fingerprint density at radius 3 is 1.82 bits per heavy atom. The summed E-state index contributed by atoms with van der Waals surface area (Å²) in [4.78, 5) is 74.0. The number of hydrogen-bond donors (Lipinski definition) is 4. The highest BCUT2D eigenvalue weighted by Gasteiger charge is 2.40. The number of ether oxygens (including phenoxy) is 3. The normalized spacial score (nSPS) is 17.6. The monoisotopic (exact) mass is 1100 g/mol. The topological polar surface area (TPSA) is 189 Å². The van der Waals surface area contributed by atoms with Crippen LogP contribution in [0, 0.1) is 23.6 Å². The van der Waals surface area contributed by atoms with Crippen molar-refractivity contribution in [2.45, 2.75) is 104 Å². The number of H-pyrrole nitrogens is 2. The summed E-state index contributed by atoms with van der Waals surface area (Å²) in [5, 5.41) is 6.28. The number of amides is 4. The van der Waals surface area contributed by atoms with Gasteiger partial charge in [-0.15, -0.1) is 11.3 Å². The second-order valence-corrected chi connectivity index (χ2v) is 20.5. The van der Waals surface area contributed by atoms with E-state index in [0.29, 0.717) is 65.3 Å². The fraction of sp³-hybridized carbons (Fsp3) is 0.451. The predicted molar refractivity (Wildman–Crippen MR) is 301 cm³/mol. The lowest BCUT2D eigenvalue weighted by molar-refractivity contribution is -0.136. The van der Waals surface area contributed by atoms with E-state index in [1.54, 1.807) is 33.5 Å². The van der Waals surface area contributed by atoms with Crippen molar-refractivity contribution in [2.24, 2.45) is 17.8 Å². The molecule has 9 rings (SSSR count). The maximum absolute atomic E-state index is 16.9. The second-order valence-electron chi connectivity index (χ2n) is 19.3. The van der Waals surface area contributed by atoms with Gasteiger partial charge in [0.1, 0.15) is 35.3 Å². The highest BCUT2D eigenvalue weighted by atomic mass is 32.1. The molecule has 4 N–H and O–H groups in total. The van der Waals surface area contributed by atoms with Gasteiger partial charge in [-0.1, -0.05) is 47.6 Å². The number of nitrogens with zero attached hydrogens (tertiary/aromatic N) is 5. The molecule has 22 heteroatoms. The lowest BCUT2D eigenvalue weighted by atomic mass is 10.0. The van der Waals surface area contributed by atoms with Crippen molar-refractivity contribution in [1.82, 2.24) is 44.9 Å². The van der Waals surface area contributed by atoms with Crippen LogP contribution in [0.5, 0.6) is 5.75 Å². The number of alkyl carbamates (subject to hydrolysis) is 2. The Bertz CT molecular complexity index is 2920. The minimum atomic E-state index is -0.771. The number of methoxy groups -OCH3 is 2. The molecule has 5 atom stereocenters. The minimum Gasteiger partial charge on any atom is -0.464 e. The summed E-state index contributed by atoms with van der Waals surface area (Å²) >= 11 is 1.69. The summed E-state index contributed by atoms with van der Waals surface area (Å²) in [6, 6.07) is 13.5. The average Bonchev–Trinajstić information content (AvgIpc) is 4.19. The minimum absolute atomic E-state index is 0. The van der Waals surface area contributed by atoms with Crippen molar-refractivity contribution < 1.29 is 37.8 Å². The number of imidazole rings is 2. The van der Waals surface area contributed by atoms with Crippen molar-refractivity contribution in [2.75, 3.05) is 27.3 Å². The van der Waals surface area contributed by atoms with Gasteiger partial charge >= 0.3 is 12.2 Å². The standard InChI is InChI=1S/C51H60FN9O7S.4H2S/c1-26(2)19-32-14-16-41(69-32)49-61-36-15-13-29(34-24-53-45(55-34)37-11-9-17-59(37)47(62)43(27(3)4)57-50(64)66-7)20-31(36)22-39(61)42-33(52)21-30(23-40(42)68-49)35-25-54-46(56-35)38-12-10-18-60(38)48(63)44(28(5)6)58-51(65)67-8;;;;/h13-16,20-28,37-38,43-44,49H,9-12,17-19H2,1-8H3,(H,53,55)(H,54,56)(H,57,64)(H,58,65);4*1H2/t37-,38-,43-,44-,49?;;;;/m0..../s1. The number of thiophene rings is 1. The lowest BCUT2D eigenvalue weighted by Gasteiger charge is -2.30. The predicted octanol–water partition coefficient (Wildman–Crippen LogP) is 9.97. The molecule has 3 aliphatic rings. The van der Waals surface area contributed by atoms with Crippen LogP contribution < -0.4 is 15.4 Å².